The van der Waals surface area contributed by atoms with Gasteiger partial charge in [-0.2, -0.15) is 0 Å². The Hall–Kier alpha value is -3.65. The maximum absolute atomic E-state index is 14.1. The van der Waals surface area contributed by atoms with E-state index < -0.39 is 28.5 Å². The molecule has 0 spiro atoms. The fraction of sp³-hybridized carbons (Fsp3) is 0.375. The van der Waals surface area contributed by atoms with Gasteiger partial charge in [0.05, 0.1) is 10.6 Å². The molecule has 0 saturated carbocycles. The molecule has 7 nitrogen and oxygen atoms in total. The van der Waals surface area contributed by atoms with E-state index in [4.69, 9.17) is 0 Å². The number of anilines is 1. The molecule has 0 fully saturated rings. The molecule has 8 heteroatoms. The number of unbranched alkanes of at least 4 members (excludes halogenated alkanes) is 1. The second kappa shape index (κ2) is 14.1. The SMILES string of the molecule is CCCCNC(=O)[C@H](CC)N(Cc1ccccc1)C(=O)CN(c1ccc(C)c(C)c1)S(=O)(=O)c1ccc(C)cc1. The van der Waals surface area contributed by atoms with Crippen LogP contribution < -0.4 is 9.62 Å². The molecule has 0 heterocycles. The second-order valence-electron chi connectivity index (χ2n) is 10.2. The summed E-state index contributed by atoms with van der Waals surface area (Å²) < 4.78 is 29.1. The molecule has 214 valence electrons. The lowest BCUT2D eigenvalue weighted by molar-refractivity contribution is -0.140. The number of sulfonamides is 1. The Morgan fingerprint density at radius 1 is 0.875 bits per heavy atom. The molecule has 0 radical (unpaired) electrons. The van der Waals surface area contributed by atoms with Crippen LogP contribution in [0.5, 0.6) is 0 Å². The van der Waals surface area contributed by atoms with Gasteiger partial charge in [-0.25, -0.2) is 8.42 Å². The minimum Gasteiger partial charge on any atom is -0.354 e. The molecule has 3 aromatic carbocycles. The molecule has 0 unspecified atom stereocenters. The maximum Gasteiger partial charge on any atom is 0.264 e. The van der Waals surface area contributed by atoms with Gasteiger partial charge in [0, 0.05) is 13.1 Å². The molecule has 3 rings (SSSR count). The van der Waals surface area contributed by atoms with E-state index in [1.54, 1.807) is 36.4 Å². The van der Waals surface area contributed by atoms with Crippen LogP contribution in [0.2, 0.25) is 0 Å². The second-order valence-corrected chi connectivity index (χ2v) is 12.0. The Morgan fingerprint density at radius 3 is 2.15 bits per heavy atom. The number of carbonyl (C=O) groups excluding carboxylic acids is 2. The smallest absolute Gasteiger partial charge is 0.264 e. The Morgan fingerprint density at radius 2 is 1.55 bits per heavy atom. The summed E-state index contributed by atoms with van der Waals surface area (Å²) in [6.07, 6.45) is 2.17. The third-order valence-electron chi connectivity index (χ3n) is 7.08. The predicted octanol–water partition coefficient (Wildman–Crippen LogP) is 5.53. The fourth-order valence-electron chi connectivity index (χ4n) is 4.45. The van der Waals surface area contributed by atoms with E-state index in [1.165, 1.54) is 4.90 Å². The predicted molar refractivity (Wildman–Crippen MR) is 161 cm³/mol. The van der Waals surface area contributed by atoms with Crippen molar-refractivity contribution in [3.8, 4) is 0 Å². The van der Waals surface area contributed by atoms with E-state index in [9.17, 15) is 18.0 Å². The van der Waals surface area contributed by atoms with E-state index >= 15 is 0 Å². The Labute approximate surface area is 239 Å². The monoisotopic (exact) mass is 563 g/mol. The number of carbonyl (C=O) groups is 2. The van der Waals surface area contributed by atoms with Crippen molar-refractivity contribution in [1.29, 1.82) is 0 Å². The summed E-state index contributed by atoms with van der Waals surface area (Å²) in [5.74, 6) is -0.686. The van der Waals surface area contributed by atoms with E-state index in [1.807, 2.05) is 71.0 Å². The van der Waals surface area contributed by atoms with Gasteiger partial charge >= 0.3 is 0 Å². The van der Waals surface area contributed by atoms with Crippen molar-refractivity contribution in [3.05, 3.63) is 95.1 Å². The van der Waals surface area contributed by atoms with Crippen molar-refractivity contribution in [1.82, 2.24) is 10.2 Å². The zero-order valence-electron chi connectivity index (χ0n) is 24.2. The van der Waals surface area contributed by atoms with Crippen molar-refractivity contribution in [3.63, 3.8) is 0 Å². The first kappa shape index (κ1) is 30.9. The standard InChI is InChI=1S/C32H41N3O4S/c1-6-8-20-33-32(37)30(7-2)34(22-27-12-10-9-11-13-27)31(36)23-35(28-17-16-25(4)26(5)21-28)40(38,39)29-18-14-24(3)15-19-29/h9-19,21,30H,6-8,20,22-23H2,1-5H3,(H,33,37)/t30-/m0/s1. The first-order valence-electron chi connectivity index (χ1n) is 13.9. The third-order valence-corrected chi connectivity index (χ3v) is 8.87. The van der Waals surface area contributed by atoms with E-state index in [0.717, 1.165) is 39.4 Å². The van der Waals surface area contributed by atoms with Gasteiger partial charge in [-0.15, -0.1) is 0 Å². The van der Waals surface area contributed by atoms with Crippen LogP contribution >= 0.6 is 0 Å². The van der Waals surface area contributed by atoms with Crippen LogP contribution in [0.4, 0.5) is 5.69 Å². The Bertz CT molecular complexity index is 1390. The largest absolute Gasteiger partial charge is 0.354 e. The average molecular weight is 564 g/mol. The van der Waals surface area contributed by atoms with Gasteiger partial charge in [-0.05, 0) is 74.6 Å². The summed E-state index contributed by atoms with van der Waals surface area (Å²) in [6.45, 7) is 9.92. The zero-order chi connectivity index (χ0) is 29.3. The molecule has 1 atom stereocenters. The first-order valence-corrected chi connectivity index (χ1v) is 15.3. The highest BCUT2D eigenvalue weighted by Crippen LogP contribution is 2.27. The van der Waals surface area contributed by atoms with Gasteiger partial charge in [0.2, 0.25) is 11.8 Å². The van der Waals surface area contributed by atoms with Crippen LogP contribution in [-0.2, 0) is 26.2 Å². The van der Waals surface area contributed by atoms with Crippen molar-refractivity contribution >= 4 is 27.5 Å². The Kier molecular flexibility index (Phi) is 10.9. The summed E-state index contributed by atoms with van der Waals surface area (Å²) in [5, 5.41) is 2.95. The van der Waals surface area contributed by atoms with Gasteiger partial charge in [-0.3, -0.25) is 13.9 Å². The molecule has 3 aromatic rings. The fourth-order valence-corrected chi connectivity index (χ4v) is 5.86. The highest BCUT2D eigenvalue weighted by molar-refractivity contribution is 7.92. The van der Waals surface area contributed by atoms with E-state index in [-0.39, 0.29) is 17.3 Å². The van der Waals surface area contributed by atoms with Gasteiger partial charge in [0.25, 0.3) is 10.0 Å². The molecule has 0 saturated heterocycles. The average Bonchev–Trinajstić information content (AvgIpc) is 2.94. The number of hydrogen-bond acceptors (Lipinski definition) is 4. The lowest BCUT2D eigenvalue weighted by atomic mass is 10.1. The van der Waals surface area contributed by atoms with Crippen LogP contribution in [0.1, 0.15) is 55.4 Å². The molecule has 0 aliphatic rings. The number of nitrogens with zero attached hydrogens (tertiary/aromatic N) is 2. The molecule has 1 N–H and O–H groups in total. The quantitative estimate of drug-likeness (QED) is 0.277. The highest BCUT2D eigenvalue weighted by atomic mass is 32.2. The molecule has 0 aromatic heterocycles. The first-order chi connectivity index (χ1) is 19.1. The van der Waals surface area contributed by atoms with Crippen LogP contribution in [0, 0.1) is 20.8 Å². The topological polar surface area (TPSA) is 86.8 Å². The van der Waals surface area contributed by atoms with E-state index in [2.05, 4.69) is 5.32 Å². The van der Waals surface area contributed by atoms with Crippen LogP contribution in [0.25, 0.3) is 0 Å². The summed E-state index contributed by atoms with van der Waals surface area (Å²) >= 11 is 0. The van der Waals surface area contributed by atoms with Gasteiger partial charge in [-0.1, -0.05) is 74.4 Å². The summed E-state index contributed by atoms with van der Waals surface area (Å²) in [4.78, 5) is 28.9. The lowest BCUT2D eigenvalue weighted by Crippen LogP contribution is -2.52. The number of nitrogens with one attached hydrogen (secondary N) is 1. The summed E-state index contributed by atoms with van der Waals surface area (Å²) in [7, 11) is -4.09. The molecular weight excluding hydrogens is 522 g/mol. The summed E-state index contributed by atoms with van der Waals surface area (Å²) in [6, 6.07) is 20.6. The van der Waals surface area contributed by atoms with Crippen LogP contribution in [0.3, 0.4) is 0 Å². The normalized spacial score (nSPS) is 12.0. The van der Waals surface area contributed by atoms with E-state index in [0.29, 0.717) is 18.7 Å². The Balaban J connectivity index is 2.04. The van der Waals surface area contributed by atoms with Crippen LogP contribution in [-0.4, -0.2) is 44.3 Å². The number of rotatable bonds is 13. The van der Waals surface area contributed by atoms with Crippen molar-refractivity contribution in [2.24, 2.45) is 0 Å². The summed E-state index contributed by atoms with van der Waals surface area (Å²) in [5.41, 5.74) is 4.12. The molecular formula is C32H41N3O4S. The number of benzene rings is 3. The lowest BCUT2D eigenvalue weighted by Gasteiger charge is -2.33. The van der Waals surface area contributed by atoms with Crippen molar-refractivity contribution < 1.29 is 18.0 Å². The van der Waals surface area contributed by atoms with Crippen molar-refractivity contribution in [2.45, 2.75) is 71.4 Å². The van der Waals surface area contributed by atoms with Gasteiger partial charge < -0.3 is 10.2 Å². The number of hydrogen-bond donors (Lipinski definition) is 1. The molecule has 0 aliphatic heterocycles. The van der Waals surface area contributed by atoms with Gasteiger partial charge in [0.1, 0.15) is 12.6 Å². The molecule has 0 bridgehead atoms. The molecule has 0 aliphatic carbocycles. The van der Waals surface area contributed by atoms with Gasteiger partial charge in [0.15, 0.2) is 0 Å². The zero-order valence-corrected chi connectivity index (χ0v) is 25.0. The molecule has 2 amide bonds. The minimum atomic E-state index is -4.09. The number of amides is 2. The van der Waals surface area contributed by atoms with Crippen molar-refractivity contribution in [2.75, 3.05) is 17.4 Å². The molecule has 40 heavy (non-hydrogen) atoms. The third kappa shape index (κ3) is 7.72. The van der Waals surface area contributed by atoms with Crippen LogP contribution in [0.15, 0.2) is 77.7 Å². The number of aryl methyl sites for hydroxylation is 3. The minimum absolute atomic E-state index is 0.100. The highest BCUT2D eigenvalue weighted by Gasteiger charge is 2.33. The maximum atomic E-state index is 14.1.